The number of carboxylic acid groups (broad SMARTS) is 1. The summed E-state index contributed by atoms with van der Waals surface area (Å²) in [5, 5.41) is 9.14. The highest BCUT2D eigenvalue weighted by Gasteiger charge is 2.40. The molecule has 3 aliphatic rings. The van der Waals surface area contributed by atoms with Gasteiger partial charge in [-0.1, -0.05) is 0 Å². The van der Waals surface area contributed by atoms with Crippen LogP contribution in [0.5, 0.6) is 0 Å². The number of anilines is 1. The van der Waals surface area contributed by atoms with E-state index in [1.807, 2.05) is 7.05 Å². The molecule has 1 N–H and O–H groups in total. The van der Waals surface area contributed by atoms with Crippen LogP contribution in [0.1, 0.15) is 42.1 Å². The van der Waals surface area contributed by atoms with Crippen molar-refractivity contribution in [2.75, 3.05) is 31.6 Å². The first-order valence-corrected chi connectivity index (χ1v) is 10.1. The molecule has 1 aromatic carbocycles. The predicted octanol–water partition coefficient (Wildman–Crippen LogP) is 3.27. The molecule has 1 aromatic heterocycles. The SMILES string of the molecule is CN1CCC[C@H]2CN(c3c(F)cc4c(=O)c(C(=O)O)cn(C5CC5)c4c3F)C[C@H]21.Cl. The van der Waals surface area contributed by atoms with Crippen LogP contribution in [0.2, 0.25) is 0 Å². The number of carboxylic acids is 1. The highest BCUT2D eigenvalue weighted by molar-refractivity contribution is 5.94. The summed E-state index contributed by atoms with van der Waals surface area (Å²) in [5.41, 5.74) is -1.38. The number of benzene rings is 1. The van der Waals surface area contributed by atoms with Crippen molar-refractivity contribution >= 4 is 35.0 Å². The van der Waals surface area contributed by atoms with Gasteiger partial charge in [0.25, 0.3) is 0 Å². The molecule has 2 aliphatic heterocycles. The summed E-state index contributed by atoms with van der Waals surface area (Å²) in [6, 6.07) is 1.22. The number of rotatable bonds is 3. The zero-order chi connectivity index (χ0) is 20.4. The number of nitrogens with zero attached hydrogens (tertiary/aromatic N) is 3. The van der Waals surface area contributed by atoms with Crippen molar-refractivity contribution in [2.45, 2.75) is 37.8 Å². The predicted molar refractivity (Wildman–Crippen MR) is 112 cm³/mol. The normalized spacial score (nSPS) is 24.0. The van der Waals surface area contributed by atoms with E-state index in [1.54, 1.807) is 4.90 Å². The third-order valence-corrected chi connectivity index (χ3v) is 6.73. The van der Waals surface area contributed by atoms with Gasteiger partial charge in [-0.15, -0.1) is 12.4 Å². The number of carbonyl (C=O) groups is 1. The number of halogens is 3. The van der Waals surface area contributed by atoms with E-state index in [2.05, 4.69) is 4.90 Å². The van der Waals surface area contributed by atoms with Gasteiger partial charge in [-0.3, -0.25) is 4.79 Å². The van der Waals surface area contributed by atoms with Crippen LogP contribution >= 0.6 is 12.4 Å². The summed E-state index contributed by atoms with van der Waals surface area (Å²) in [6.07, 6.45) is 4.89. The third kappa shape index (κ3) is 3.17. The lowest BCUT2D eigenvalue weighted by Gasteiger charge is -2.33. The van der Waals surface area contributed by atoms with Gasteiger partial charge in [0.1, 0.15) is 17.1 Å². The summed E-state index contributed by atoms with van der Waals surface area (Å²) >= 11 is 0. The summed E-state index contributed by atoms with van der Waals surface area (Å²) < 4.78 is 32.3. The van der Waals surface area contributed by atoms with Crippen molar-refractivity contribution < 1.29 is 18.7 Å². The van der Waals surface area contributed by atoms with Gasteiger partial charge in [0.05, 0.1) is 10.9 Å². The van der Waals surface area contributed by atoms with Crippen molar-refractivity contribution in [3.63, 3.8) is 0 Å². The van der Waals surface area contributed by atoms with Crippen LogP contribution < -0.4 is 10.3 Å². The summed E-state index contributed by atoms with van der Waals surface area (Å²) in [7, 11) is 2.05. The topological polar surface area (TPSA) is 65.8 Å². The number of hydrogen-bond donors (Lipinski definition) is 1. The second kappa shape index (κ2) is 7.50. The van der Waals surface area contributed by atoms with Gasteiger partial charge < -0.3 is 19.5 Å². The molecule has 0 radical (unpaired) electrons. The highest BCUT2D eigenvalue weighted by atomic mass is 35.5. The first kappa shape index (κ1) is 21.1. The van der Waals surface area contributed by atoms with Gasteiger partial charge in [-0.2, -0.15) is 0 Å². The number of fused-ring (bicyclic) bond motifs is 2. The molecule has 0 unspecified atom stereocenters. The quantitative estimate of drug-likeness (QED) is 0.795. The largest absolute Gasteiger partial charge is 0.477 e. The van der Waals surface area contributed by atoms with Crippen LogP contribution in [0, 0.1) is 17.6 Å². The number of piperidine rings is 1. The Morgan fingerprint density at radius 1 is 1.20 bits per heavy atom. The molecule has 1 saturated carbocycles. The molecule has 2 saturated heterocycles. The zero-order valence-electron chi connectivity index (χ0n) is 16.6. The smallest absolute Gasteiger partial charge is 0.341 e. The second-order valence-corrected chi connectivity index (χ2v) is 8.59. The van der Waals surface area contributed by atoms with Crippen LogP contribution in [-0.2, 0) is 0 Å². The fourth-order valence-electron chi connectivity index (χ4n) is 5.10. The fraction of sp³-hybridized carbons (Fsp3) is 0.524. The Labute approximate surface area is 178 Å². The number of aromatic carboxylic acids is 1. The molecule has 5 rings (SSSR count). The third-order valence-electron chi connectivity index (χ3n) is 6.73. The minimum absolute atomic E-state index is 0. The molecule has 3 fully saturated rings. The van der Waals surface area contributed by atoms with E-state index >= 15 is 8.78 Å². The zero-order valence-corrected chi connectivity index (χ0v) is 17.4. The van der Waals surface area contributed by atoms with Crippen LogP contribution in [0.25, 0.3) is 10.9 Å². The summed E-state index contributed by atoms with van der Waals surface area (Å²) in [6.45, 7) is 2.10. The maximum Gasteiger partial charge on any atom is 0.341 e. The Hall–Kier alpha value is -2.19. The second-order valence-electron chi connectivity index (χ2n) is 8.59. The van der Waals surface area contributed by atoms with E-state index in [0.717, 1.165) is 38.3 Å². The van der Waals surface area contributed by atoms with Gasteiger partial charge in [0.15, 0.2) is 5.82 Å². The van der Waals surface area contributed by atoms with E-state index in [1.165, 1.54) is 10.8 Å². The number of likely N-dealkylation sites (tertiary alicyclic amines) is 1. The van der Waals surface area contributed by atoms with E-state index in [9.17, 15) is 14.7 Å². The molecule has 30 heavy (non-hydrogen) atoms. The maximum absolute atomic E-state index is 15.7. The van der Waals surface area contributed by atoms with Crippen LogP contribution in [0.4, 0.5) is 14.5 Å². The van der Waals surface area contributed by atoms with Gasteiger partial charge in [0.2, 0.25) is 5.43 Å². The van der Waals surface area contributed by atoms with Gasteiger partial charge in [-0.05, 0) is 51.3 Å². The first-order chi connectivity index (χ1) is 13.9. The monoisotopic (exact) mass is 439 g/mol. The molecule has 2 atom stereocenters. The highest BCUT2D eigenvalue weighted by Crippen LogP contribution is 2.41. The molecule has 3 heterocycles. The molecule has 2 aromatic rings. The van der Waals surface area contributed by atoms with Crippen molar-refractivity contribution in [1.29, 1.82) is 0 Å². The first-order valence-electron chi connectivity index (χ1n) is 10.1. The minimum Gasteiger partial charge on any atom is -0.477 e. The molecule has 6 nitrogen and oxygen atoms in total. The van der Waals surface area contributed by atoms with E-state index in [0.29, 0.717) is 19.0 Å². The van der Waals surface area contributed by atoms with Crippen molar-refractivity contribution in [2.24, 2.45) is 5.92 Å². The molecule has 162 valence electrons. The Bertz CT molecular complexity index is 1090. The van der Waals surface area contributed by atoms with Gasteiger partial charge in [0, 0.05) is 31.4 Å². The van der Waals surface area contributed by atoms with Crippen molar-refractivity contribution in [1.82, 2.24) is 9.47 Å². The molecule has 0 bridgehead atoms. The van der Waals surface area contributed by atoms with Crippen molar-refractivity contribution in [3.8, 4) is 0 Å². The molecular weight excluding hydrogens is 416 g/mol. The Morgan fingerprint density at radius 3 is 2.57 bits per heavy atom. The molecule has 9 heteroatoms. The summed E-state index contributed by atoms with van der Waals surface area (Å²) in [4.78, 5) is 28.1. The Kier molecular flexibility index (Phi) is 5.26. The van der Waals surface area contributed by atoms with Crippen LogP contribution in [0.3, 0.4) is 0 Å². The fourth-order valence-corrected chi connectivity index (χ4v) is 5.10. The Balaban J connectivity index is 0.00000218. The molecule has 1 aliphatic carbocycles. The minimum atomic E-state index is -1.39. The van der Waals surface area contributed by atoms with Gasteiger partial charge >= 0.3 is 5.97 Å². The lowest BCUT2D eigenvalue weighted by Crippen LogP contribution is -2.42. The number of pyridine rings is 1. The number of likely N-dealkylation sites (N-methyl/N-ethyl adjacent to an activating group) is 1. The Morgan fingerprint density at radius 2 is 1.93 bits per heavy atom. The van der Waals surface area contributed by atoms with Crippen LogP contribution in [-0.4, -0.2) is 53.3 Å². The van der Waals surface area contributed by atoms with E-state index < -0.39 is 28.6 Å². The molecule has 0 spiro atoms. The average Bonchev–Trinajstić information content (AvgIpc) is 3.42. The number of hydrogen-bond acceptors (Lipinski definition) is 4. The van der Waals surface area contributed by atoms with Crippen LogP contribution in [0.15, 0.2) is 17.1 Å². The lowest BCUT2D eigenvalue weighted by molar-refractivity contribution is 0.0695. The number of aromatic nitrogens is 1. The van der Waals surface area contributed by atoms with E-state index in [4.69, 9.17) is 0 Å². The average molecular weight is 440 g/mol. The van der Waals surface area contributed by atoms with E-state index in [-0.39, 0.29) is 41.1 Å². The standard InChI is InChI=1S/C21H23F2N3O3.ClH/c1-24-6-2-3-11-8-25(10-16(11)24)19-15(22)7-13-18(17(19)23)26(12-4-5-12)9-14(20(13)27)21(28)29;/h7,9,11-12,16H,2-6,8,10H2,1H3,(H,28,29);1H/t11-,16+;/m0./s1. The van der Waals surface area contributed by atoms with Crippen molar-refractivity contribution in [3.05, 3.63) is 39.7 Å². The maximum atomic E-state index is 15.7. The lowest BCUT2D eigenvalue weighted by atomic mass is 9.93. The summed E-state index contributed by atoms with van der Waals surface area (Å²) in [5.74, 6) is -2.59. The molecule has 0 amide bonds. The van der Waals surface area contributed by atoms with Gasteiger partial charge in [-0.25, -0.2) is 13.6 Å². The molecular formula is C21H24ClF2N3O3.